The second-order valence-corrected chi connectivity index (χ2v) is 6.78. The molecule has 5 nitrogen and oxygen atoms in total. The lowest BCUT2D eigenvalue weighted by atomic mass is 9.93. The Bertz CT molecular complexity index is 896. The molecule has 2 unspecified atom stereocenters. The molecule has 0 aliphatic carbocycles. The van der Waals surface area contributed by atoms with Gasteiger partial charge >= 0.3 is 0 Å². The molecule has 3 aromatic rings. The van der Waals surface area contributed by atoms with Crippen molar-refractivity contribution in [3.63, 3.8) is 0 Å². The quantitative estimate of drug-likeness (QED) is 0.707. The van der Waals surface area contributed by atoms with Gasteiger partial charge < -0.3 is 10.1 Å². The van der Waals surface area contributed by atoms with Crippen LogP contribution in [0, 0.1) is 5.82 Å². The maximum absolute atomic E-state index is 13.6. The highest BCUT2D eigenvalue weighted by atomic mass is 79.9. The van der Waals surface area contributed by atoms with Crippen molar-refractivity contribution in [3.8, 4) is 5.75 Å². The zero-order valence-electron chi connectivity index (χ0n) is 13.5. The minimum Gasteiger partial charge on any atom is -0.497 e. The minimum absolute atomic E-state index is 0.0252. The summed E-state index contributed by atoms with van der Waals surface area (Å²) in [6.07, 6.45) is 2.31. The Morgan fingerprint density at radius 3 is 2.68 bits per heavy atom. The Balaban J connectivity index is 1.70. The first kappa shape index (κ1) is 16.1. The van der Waals surface area contributed by atoms with Gasteiger partial charge in [0.1, 0.15) is 17.9 Å². The molecule has 2 atom stereocenters. The van der Waals surface area contributed by atoms with Crippen molar-refractivity contribution in [1.29, 1.82) is 0 Å². The SMILES string of the molecule is COc1ccc(C2CC(c3ccc(F)c(Br)c3)n3ncnc3N2)cc1. The molecule has 1 aliphatic rings. The molecule has 0 radical (unpaired) electrons. The third-order valence-corrected chi connectivity index (χ3v) is 5.08. The highest BCUT2D eigenvalue weighted by molar-refractivity contribution is 9.10. The van der Waals surface area contributed by atoms with Crippen molar-refractivity contribution in [3.05, 3.63) is 70.2 Å². The number of benzene rings is 2. The smallest absolute Gasteiger partial charge is 0.222 e. The number of halogens is 2. The van der Waals surface area contributed by atoms with E-state index in [0.29, 0.717) is 10.4 Å². The van der Waals surface area contributed by atoms with E-state index >= 15 is 0 Å². The van der Waals surface area contributed by atoms with Crippen LogP contribution in [0.3, 0.4) is 0 Å². The molecule has 128 valence electrons. The minimum atomic E-state index is -0.275. The predicted octanol–water partition coefficient (Wildman–Crippen LogP) is 4.33. The highest BCUT2D eigenvalue weighted by Crippen LogP contribution is 2.38. The maximum Gasteiger partial charge on any atom is 0.222 e. The van der Waals surface area contributed by atoms with Crippen LogP contribution in [0.25, 0.3) is 0 Å². The molecular formula is C18H16BrFN4O. The summed E-state index contributed by atoms with van der Waals surface area (Å²) in [7, 11) is 1.65. The summed E-state index contributed by atoms with van der Waals surface area (Å²) >= 11 is 3.27. The van der Waals surface area contributed by atoms with Crippen molar-refractivity contribution in [2.24, 2.45) is 0 Å². The van der Waals surface area contributed by atoms with Gasteiger partial charge in [-0.25, -0.2) is 9.07 Å². The average molecular weight is 403 g/mol. The standard InChI is InChI=1S/C18H16BrFN4O/c1-25-13-5-2-11(3-6-13)16-9-17(24-18(23-16)21-10-22-24)12-4-7-15(20)14(19)8-12/h2-8,10,16-17H,9H2,1H3,(H,21,22,23). The lowest BCUT2D eigenvalue weighted by Gasteiger charge is -2.32. The molecule has 2 heterocycles. The van der Waals surface area contributed by atoms with Crippen LogP contribution in [-0.2, 0) is 0 Å². The van der Waals surface area contributed by atoms with Crippen LogP contribution in [-0.4, -0.2) is 21.9 Å². The second-order valence-electron chi connectivity index (χ2n) is 5.92. The number of ether oxygens (including phenoxy) is 1. The number of fused-ring (bicyclic) bond motifs is 1. The fraction of sp³-hybridized carbons (Fsp3) is 0.222. The number of nitrogens with zero attached hydrogens (tertiary/aromatic N) is 3. The molecule has 7 heteroatoms. The largest absolute Gasteiger partial charge is 0.497 e. The Hall–Kier alpha value is -2.41. The van der Waals surface area contributed by atoms with E-state index in [1.807, 2.05) is 35.0 Å². The van der Waals surface area contributed by atoms with Crippen LogP contribution < -0.4 is 10.1 Å². The molecule has 1 aromatic heterocycles. The molecule has 0 fully saturated rings. The Labute approximate surface area is 153 Å². The fourth-order valence-electron chi connectivity index (χ4n) is 3.17. The van der Waals surface area contributed by atoms with Crippen LogP contribution >= 0.6 is 15.9 Å². The van der Waals surface area contributed by atoms with Crippen LogP contribution in [0.5, 0.6) is 5.75 Å². The summed E-state index contributed by atoms with van der Waals surface area (Å²) in [5.41, 5.74) is 2.13. The number of methoxy groups -OCH3 is 1. The molecule has 25 heavy (non-hydrogen) atoms. The molecular weight excluding hydrogens is 387 g/mol. The van der Waals surface area contributed by atoms with Gasteiger partial charge in [-0.3, -0.25) is 0 Å². The monoisotopic (exact) mass is 402 g/mol. The Morgan fingerprint density at radius 1 is 1.20 bits per heavy atom. The average Bonchev–Trinajstić information content (AvgIpc) is 3.12. The van der Waals surface area contributed by atoms with Crippen molar-refractivity contribution in [2.45, 2.75) is 18.5 Å². The number of hydrogen-bond donors (Lipinski definition) is 1. The van der Waals surface area contributed by atoms with E-state index in [0.717, 1.165) is 23.3 Å². The third kappa shape index (κ3) is 3.00. The van der Waals surface area contributed by atoms with Crippen molar-refractivity contribution >= 4 is 21.9 Å². The molecule has 2 aromatic carbocycles. The summed E-state index contributed by atoms with van der Waals surface area (Å²) < 4.78 is 21.1. The van der Waals surface area contributed by atoms with Crippen LogP contribution in [0.1, 0.15) is 29.6 Å². The molecule has 4 rings (SSSR count). The second kappa shape index (κ2) is 6.48. The molecule has 0 spiro atoms. The Morgan fingerprint density at radius 2 is 1.96 bits per heavy atom. The maximum atomic E-state index is 13.6. The van der Waals surface area contributed by atoms with Crippen molar-refractivity contribution < 1.29 is 9.13 Å². The number of rotatable bonds is 3. The predicted molar refractivity (Wildman–Crippen MR) is 96.2 cm³/mol. The molecule has 0 amide bonds. The number of hydrogen-bond acceptors (Lipinski definition) is 4. The van der Waals surface area contributed by atoms with Crippen LogP contribution in [0.15, 0.2) is 53.3 Å². The number of nitrogens with one attached hydrogen (secondary N) is 1. The van der Waals surface area contributed by atoms with E-state index in [1.165, 1.54) is 12.4 Å². The fourth-order valence-corrected chi connectivity index (χ4v) is 3.57. The summed E-state index contributed by atoms with van der Waals surface area (Å²) in [6.45, 7) is 0. The van der Waals surface area contributed by atoms with E-state index in [-0.39, 0.29) is 17.9 Å². The van der Waals surface area contributed by atoms with Gasteiger partial charge in [0.05, 0.1) is 23.7 Å². The van der Waals surface area contributed by atoms with Gasteiger partial charge in [-0.2, -0.15) is 10.1 Å². The summed E-state index contributed by atoms with van der Waals surface area (Å²) in [5.74, 6) is 1.25. The molecule has 1 aliphatic heterocycles. The van der Waals surface area contributed by atoms with E-state index in [2.05, 4.69) is 31.3 Å². The van der Waals surface area contributed by atoms with Crippen LogP contribution in [0.4, 0.5) is 10.3 Å². The van der Waals surface area contributed by atoms with E-state index < -0.39 is 0 Å². The van der Waals surface area contributed by atoms with Gasteiger partial charge in [0.2, 0.25) is 5.95 Å². The molecule has 0 saturated heterocycles. The summed E-state index contributed by atoms with van der Waals surface area (Å²) in [4.78, 5) is 4.31. The normalized spacial score (nSPS) is 19.2. The first-order valence-electron chi connectivity index (χ1n) is 7.90. The third-order valence-electron chi connectivity index (χ3n) is 4.48. The topological polar surface area (TPSA) is 52.0 Å². The van der Waals surface area contributed by atoms with Gasteiger partial charge in [0.15, 0.2) is 0 Å². The van der Waals surface area contributed by atoms with Gasteiger partial charge in [0, 0.05) is 0 Å². The molecule has 0 bridgehead atoms. The van der Waals surface area contributed by atoms with E-state index in [4.69, 9.17) is 4.74 Å². The molecule has 1 N–H and O–H groups in total. The number of anilines is 1. The number of aromatic nitrogens is 3. The van der Waals surface area contributed by atoms with Gasteiger partial charge in [-0.1, -0.05) is 18.2 Å². The first-order valence-corrected chi connectivity index (χ1v) is 8.70. The highest BCUT2D eigenvalue weighted by Gasteiger charge is 2.30. The van der Waals surface area contributed by atoms with Gasteiger partial charge in [-0.15, -0.1) is 0 Å². The zero-order chi connectivity index (χ0) is 17.4. The summed E-state index contributed by atoms with van der Waals surface area (Å²) in [6, 6.07) is 13.1. The van der Waals surface area contributed by atoms with Crippen LogP contribution in [0.2, 0.25) is 0 Å². The van der Waals surface area contributed by atoms with Gasteiger partial charge in [0.25, 0.3) is 0 Å². The summed E-state index contributed by atoms with van der Waals surface area (Å²) in [5, 5.41) is 7.76. The molecule has 0 saturated carbocycles. The lowest BCUT2D eigenvalue weighted by Crippen LogP contribution is -2.28. The van der Waals surface area contributed by atoms with E-state index in [1.54, 1.807) is 13.2 Å². The zero-order valence-corrected chi connectivity index (χ0v) is 15.1. The van der Waals surface area contributed by atoms with Crippen molar-refractivity contribution in [1.82, 2.24) is 14.8 Å². The van der Waals surface area contributed by atoms with Crippen molar-refractivity contribution in [2.75, 3.05) is 12.4 Å². The first-order chi connectivity index (χ1) is 12.2. The van der Waals surface area contributed by atoms with E-state index in [9.17, 15) is 4.39 Å². The van der Waals surface area contributed by atoms with Gasteiger partial charge in [-0.05, 0) is 57.7 Å². The lowest BCUT2D eigenvalue weighted by molar-refractivity contribution is 0.413. The Kier molecular flexibility index (Phi) is 4.17.